The summed E-state index contributed by atoms with van der Waals surface area (Å²) < 4.78 is 234. The SMILES string of the molecule is CC(=O)c1ccc2n1CCN(C)C21CCN(C(=O)c2ccc(OC(C)C)c(Cl)c2)CC1.CC(C)C(O)c1ccc(C(=O)N2CCC3(CC2)c2c(F)cc(C(F)(F)F)n2CCN3C)cc1.CC1(C)Cn2c(C(=O)C(F)(F)F)ccc2C2(CCN(C(=O)c3ccc(S(=O)(=O)C(F)(F)F)cc3)CC2)N1.CCCOc1ccc(C(=O)N2CCC3(CC2)c2c(F)cc(C(F)(F)F)n2CCN3C)cc1OC.[HH].[HH]. The van der Waals surface area contributed by atoms with Crippen molar-refractivity contribution in [2.45, 2.75) is 208 Å². The van der Waals surface area contributed by atoms with E-state index in [1.54, 1.807) is 105 Å². The number of hydrogen-bond donors (Lipinski definition) is 2. The first-order valence-corrected chi connectivity index (χ1v) is 46.6. The molecule has 4 amide bonds. The lowest BCUT2D eigenvalue weighted by molar-refractivity contribution is -0.145. The van der Waals surface area contributed by atoms with Crippen LogP contribution in [-0.4, -0.2) is 231 Å². The first-order valence-electron chi connectivity index (χ1n) is 44.7. The Bertz CT molecular complexity index is 5850. The molecule has 1 atom stereocenters. The molecule has 0 radical (unpaired) electrons. The van der Waals surface area contributed by atoms with E-state index in [0.29, 0.717) is 154 Å². The molecule has 4 fully saturated rings. The fourth-order valence-corrected chi connectivity index (χ4v) is 21.4. The smallest absolute Gasteiger partial charge is 0.493 e. The van der Waals surface area contributed by atoms with Gasteiger partial charge in [-0.2, -0.15) is 52.7 Å². The van der Waals surface area contributed by atoms with Gasteiger partial charge in [0.15, 0.2) is 17.3 Å². The second kappa shape index (κ2) is 38.9. The van der Waals surface area contributed by atoms with E-state index in [4.69, 9.17) is 25.8 Å². The number of ketones is 2. The number of piperidine rings is 4. The first-order chi connectivity index (χ1) is 63.2. The molecular formula is C95H115ClF14N12O12S. The highest BCUT2D eigenvalue weighted by Gasteiger charge is 2.55. The van der Waals surface area contributed by atoms with Gasteiger partial charge in [0.25, 0.3) is 39.2 Å². The number of alkyl halides is 12. The van der Waals surface area contributed by atoms with Gasteiger partial charge in [0.1, 0.15) is 28.8 Å². The summed E-state index contributed by atoms with van der Waals surface area (Å²) in [6, 6.07) is 28.4. The lowest BCUT2D eigenvalue weighted by atomic mass is 9.79. The minimum Gasteiger partial charge on any atom is -0.493 e. The Labute approximate surface area is 781 Å². The molecule has 40 heteroatoms. The van der Waals surface area contributed by atoms with E-state index in [1.165, 1.54) is 28.3 Å². The lowest BCUT2D eigenvalue weighted by Gasteiger charge is -2.51. The number of carbonyl (C=O) groups excluding carboxylic acids is 6. The fraction of sp³-hybridized carbons (Fsp3) is 0.516. The van der Waals surface area contributed by atoms with Gasteiger partial charge in [0, 0.05) is 159 Å². The molecule has 4 aromatic heterocycles. The summed E-state index contributed by atoms with van der Waals surface area (Å²) in [5, 5.41) is 14.1. The molecule has 2 N–H and O–H groups in total. The molecule has 8 aliphatic heterocycles. The number of benzene rings is 4. The summed E-state index contributed by atoms with van der Waals surface area (Å²) in [5.74, 6) is -2.78. The maximum absolute atomic E-state index is 14.9. The minimum absolute atomic E-state index is 0. The first kappa shape index (κ1) is 102. The largest absolute Gasteiger partial charge is 0.501 e. The zero-order valence-electron chi connectivity index (χ0n) is 76.9. The molecule has 1 unspecified atom stereocenters. The summed E-state index contributed by atoms with van der Waals surface area (Å²) in [4.78, 5) is 88.3. The number of fused-ring (bicyclic) bond motifs is 8. The number of likely N-dealkylation sites (tertiary alicyclic amines) is 4. The number of sulfone groups is 1. The number of hydrogen-bond acceptors (Lipinski definition) is 16. The van der Waals surface area contributed by atoms with Crippen molar-refractivity contribution in [3.8, 4) is 17.2 Å². The topological polar surface area (TPSA) is 239 Å². The Balaban J connectivity index is 0.000000175. The van der Waals surface area contributed by atoms with Crippen LogP contribution in [0.1, 0.15) is 224 Å². The molecule has 4 spiro atoms. The summed E-state index contributed by atoms with van der Waals surface area (Å²) >= 11 is 6.34. The van der Waals surface area contributed by atoms with E-state index in [2.05, 4.69) is 27.9 Å². The van der Waals surface area contributed by atoms with Crippen LogP contribution in [-0.2, 0) is 70.5 Å². The van der Waals surface area contributed by atoms with Gasteiger partial charge in [-0.25, -0.2) is 17.2 Å². The van der Waals surface area contributed by atoms with Crippen molar-refractivity contribution < 1.29 is 121 Å². The van der Waals surface area contributed by atoms with Crippen LogP contribution in [0, 0.1) is 17.6 Å². The molecule has 12 heterocycles. The van der Waals surface area contributed by atoms with Crippen molar-refractivity contribution in [1.29, 1.82) is 0 Å². The predicted octanol–water partition coefficient (Wildman–Crippen LogP) is 17.7. The molecule has 4 saturated heterocycles. The molecule has 8 aromatic rings. The number of amides is 4. The van der Waals surface area contributed by atoms with Crippen LogP contribution in [0.2, 0.25) is 5.02 Å². The van der Waals surface area contributed by atoms with E-state index in [9.17, 15) is 104 Å². The number of aliphatic hydroxyl groups is 1. The van der Waals surface area contributed by atoms with Gasteiger partial charge in [-0.15, -0.1) is 0 Å². The van der Waals surface area contributed by atoms with E-state index in [-0.39, 0.29) is 93.6 Å². The molecule has 4 aromatic carbocycles. The summed E-state index contributed by atoms with van der Waals surface area (Å²) in [7, 11) is 1.72. The zero-order valence-corrected chi connectivity index (χ0v) is 78.5. The lowest BCUT2D eigenvalue weighted by Crippen LogP contribution is -2.63. The normalized spacial score (nSPS) is 18.9. The van der Waals surface area contributed by atoms with Gasteiger partial charge < -0.3 is 57.2 Å². The highest BCUT2D eigenvalue weighted by Crippen LogP contribution is 2.50. The molecule has 0 saturated carbocycles. The van der Waals surface area contributed by atoms with Crippen molar-refractivity contribution in [2.75, 3.05) is 107 Å². The third-order valence-electron chi connectivity index (χ3n) is 27.4. The Morgan fingerprint density at radius 1 is 0.496 bits per heavy atom. The average molecular weight is 1950 g/mol. The van der Waals surface area contributed by atoms with Crippen LogP contribution in [0.4, 0.5) is 61.5 Å². The van der Waals surface area contributed by atoms with Crippen molar-refractivity contribution in [1.82, 2.24) is 57.9 Å². The van der Waals surface area contributed by atoms with Gasteiger partial charge >= 0.3 is 24.0 Å². The number of nitrogens with zero attached hydrogens (tertiary/aromatic N) is 11. The average Bonchev–Trinajstić information content (AvgIpc) is 1.60. The Morgan fingerprint density at radius 3 is 1.33 bits per heavy atom. The third kappa shape index (κ3) is 20.3. The van der Waals surface area contributed by atoms with Gasteiger partial charge in [-0.05, 0) is 215 Å². The Hall–Kier alpha value is -10.3. The summed E-state index contributed by atoms with van der Waals surface area (Å²) in [5.41, 5.74) is -6.38. The highest BCUT2D eigenvalue weighted by molar-refractivity contribution is 7.92. The van der Waals surface area contributed by atoms with E-state index < -0.39 is 107 Å². The number of ether oxygens (including phenoxy) is 3. The fourth-order valence-electron chi connectivity index (χ4n) is 20.4. The number of nitrogens with one attached hydrogen (secondary N) is 1. The Kier molecular flexibility index (Phi) is 29.4. The third-order valence-corrected chi connectivity index (χ3v) is 29.2. The second-order valence-electron chi connectivity index (χ2n) is 37.0. The molecular weight excluding hydrogens is 1830 g/mol. The van der Waals surface area contributed by atoms with E-state index in [1.807, 2.05) is 55.4 Å². The highest BCUT2D eigenvalue weighted by atomic mass is 35.5. The molecule has 738 valence electrons. The number of rotatable bonds is 15. The molecule has 0 bridgehead atoms. The predicted molar refractivity (Wildman–Crippen MR) is 477 cm³/mol. The number of methoxy groups -OCH3 is 1. The maximum Gasteiger partial charge on any atom is 0.501 e. The number of halogens is 15. The van der Waals surface area contributed by atoms with Gasteiger partial charge in [-0.3, -0.25) is 48.8 Å². The van der Waals surface area contributed by atoms with Crippen LogP contribution in [0.3, 0.4) is 0 Å². The van der Waals surface area contributed by atoms with Crippen LogP contribution >= 0.6 is 11.6 Å². The monoisotopic (exact) mass is 1950 g/mol. The van der Waals surface area contributed by atoms with Crippen LogP contribution in [0.5, 0.6) is 17.2 Å². The minimum atomic E-state index is -5.55. The van der Waals surface area contributed by atoms with Crippen LogP contribution < -0.4 is 19.5 Å². The molecule has 0 aliphatic carbocycles. The molecule has 24 nitrogen and oxygen atoms in total. The number of aliphatic hydroxyl groups excluding tert-OH is 1. The quantitative estimate of drug-likeness (QED) is 0.0716. The van der Waals surface area contributed by atoms with E-state index in [0.717, 1.165) is 83.1 Å². The van der Waals surface area contributed by atoms with Crippen LogP contribution in [0.25, 0.3) is 0 Å². The van der Waals surface area contributed by atoms with E-state index >= 15 is 0 Å². The number of Topliss-reactive ketones (excluding diaryl/α,β-unsaturated/α-hetero) is 2. The zero-order chi connectivity index (χ0) is 98.7. The van der Waals surface area contributed by atoms with Crippen molar-refractivity contribution >= 4 is 56.6 Å². The molecule has 8 aliphatic rings. The maximum atomic E-state index is 14.9. The number of likely N-dealkylation sites (N-methyl/N-ethyl adjacent to an activating group) is 3. The van der Waals surface area contributed by atoms with Crippen molar-refractivity contribution in [3.05, 3.63) is 211 Å². The molecule has 16 rings (SSSR count). The summed E-state index contributed by atoms with van der Waals surface area (Å²) in [6.45, 7) is 21.0. The van der Waals surface area contributed by atoms with Crippen molar-refractivity contribution in [2.24, 2.45) is 5.92 Å². The van der Waals surface area contributed by atoms with Gasteiger partial charge in [0.05, 0.1) is 80.8 Å². The number of carbonyl (C=O) groups is 6. The Morgan fingerprint density at radius 2 is 0.904 bits per heavy atom. The second-order valence-corrected chi connectivity index (χ2v) is 39.4. The standard InChI is InChI=1S/C24H30ClN3O3.C24H29F4N3O3.C24H29F4N3O2.C23H23F6N3O4S.2H2/c1-16(2)31-21-7-5-18(15-19(21)25)23(30)27-11-9-24(10-12-27)22-8-6-20(17(3)29)28(22)14-13-26(24)4;1-4-13-34-18-6-5-16(14-19(18)33-3)22(32)30-9-7-23(8-10-30)21-17(25)15-20(24(26,27)28)31(21)12-11-29(23)2;1-15(2)20(32)16-4-6-17(7-5-16)22(33)30-10-8-23(9-11-30)21-18(25)14-19(24(26,27)28)31(21)13-12-29(23)3;1-20(2)13-32-16(18(33)22(24,25)26)7-8-17(32)21(30-20)9-11-31(12-10-21)19(34)14-3-5-15(6-4-14)37(35,36)23(27,28)29;;/h5-8,15-16H,9-14H2,1-4H3;5-6,14-15H,4,7-13H2,1-3H3;4-7,14-15,20,32H,8-13H2,1-3H3;3-8,30H,9-13H2,1-2H3;2*1H. The number of aromatic nitrogens is 4. The van der Waals surface area contributed by atoms with Crippen molar-refractivity contribution in [3.63, 3.8) is 0 Å². The van der Waals surface area contributed by atoms with Gasteiger partial charge in [-0.1, -0.05) is 44.5 Å². The van der Waals surface area contributed by atoms with Gasteiger partial charge in [0.2, 0.25) is 0 Å². The summed E-state index contributed by atoms with van der Waals surface area (Å²) in [6.07, 6.45) is -10.4. The molecule has 135 heavy (non-hydrogen) atoms. The van der Waals surface area contributed by atoms with Crippen LogP contribution in [0.15, 0.2) is 126 Å².